The Morgan fingerprint density at radius 2 is 2.05 bits per heavy atom. The van der Waals surface area contributed by atoms with Crippen LogP contribution in [0, 0.1) is 12.3 Å². The van der Waals surface area contributed by atoms with Gasteiger partial charge >= 0.3 is 0 Å². The smallest absolute Gasteiger partial charge is 0.257 e. The van der Waals surface area contributed by atoms with E-state index in [4.69, 9.17) is 0 Å². The van der Waals surface area contributed by atoms with Gasteiger partial charge in [0, 0.05) is 25.8 Å². The number of aryl methyl sites for hydroxylation is 1. The van der Waals surface area contributed by atoms with Crippen LogP contribution in [0.3, 0.4) is 0 Å². The maximum absolute atomic E-state index is 12.9. The highest BCUT2D eigenvalue weighted by molar-refractivity contribution is 5.95. The first-order valence-corrected chi connectivity index (χ1v) is 8.34. The number of nitrogens with one attached hydrogen (secondary N) is 1. The Labute approximate surface area is 132 Å². The predicted octanol–water partition coefficient (Wildman–Crippen LogP) is 2.12. The first kappa shape index (κ1) is 15.4. The Hall–Kier alpha value is -1.49. The summed E-state index contributed by atoms with van der Waals surface area (Å²) in [5, 5.41) is 3.47. The lowest BCUT2D eigenvalue weighted by Crippen LogP contribution is -2.44. The fourth-order valence-electron chi connectivity index (χ4n) is 3.67. The van der Waals surface area contributed by atoms with Crippen LogP contribution >= 0.6 is 0 Å². The summed E-state index contributed by atoms with van der Waals surface area (Å²) < 4.78 is 0. The quantitative estimate of drug-likeness (QED) is 0.909. The molecule has 3 heterocycles. The molecule has 2 fully saturated rings. The van der Waals surface area contributed by atoms with Crippen molar-refractivity contribution in [2.45, 2.75) is 46.0 Å². The summed E-state index contributed by atoms with van der Waals surface area (Å²) in [4.78, 5) is 23.6. The second kappa shape index (κ2) is 5.95. The van der Waals surface area contributed by atoms with Gasteiger partial charge in [-0.25, -0.2) is 9.97 Å². The van der Waals surface area contributed by atoms with E-state index in [1.807, 2.05) is 11.8 Å². The van der Waals surface area contributed by atoms with E-state index in [2.05, 4.69) is 29.1 Å². The number of piperidine rings is 1. The lowest BCUT2D eigenvalue weighted by atomic mass is 9.77. The van der Waals surface area contributed by atoms with Crippen molar-refractivity contribution in [1.82, 2.24) is 20.2 Å². The zero-order chi connectivity index (χ0) is 15.7. The molecule has 0 radical (unpaired) electrons. The summed E-state index contributed by atoms with van der Waals surface area (Å²) in [6, 6.07) is 0. The molecule has 1 N–H and O–H groups in total. The van der Waals surface area contributed by atoms with Crippen LogP contribution in [0.5, 0.6) is 0 Å². The van der Waals surface area contributed by atoms with E-state index in [1.165, 1.54) is 6.42 Å². The number of aromatic nitrogens is 2. The molecule has 1 amide bonds. The van der Waals surface area contributed by atoms with Crippen molar-refractivity contribution < 1.29 is 4.79 Å². The molecular weight excluding hydrogens is 276 g/mol. The molecule has 0 unspecified atom stereocenters. The molecule has 0 aliphatic carbocycles. The Kier molecular flexibility index (Phi) is 4.17. The summed E-state index contributed by atoms with van der Waals surface area (Å²) in [6.07, 6.45) is 5.17. The Morgan fingerprint density at radius 1 is 1.32 bits per heavy atom. The maximum Gasteiger partial charge on any atom is 0.257 e. The van der Waals surface area contributed by atoms with E-state index in [-0.39, 0.29) is 11.8 Å². The van der Waals surface area contributed by atoms with E-state index in [1.54, 1.807) is 6.20 Å². The number of hydrogen-bond acceptors (Lipinski definition) is 4. The molecule has 22 heavy (non-hydrogen) atoms. The van der Waals surface area contributed by atoms with Crippen LogP contribution in [0.15, 0.2) is 6.20 Å². The zero-order valence-electron chi connectivity index (χ0n) is 13.9. The van der Waals surface area contributed by atoms with E-state index < -0.39 is 0 Å². The van der Waals surface area contributed by atoms with E-state index in [0.717, 1.165) is 50.5 Å². The normalized spacial score (nSPS) is 20.8. The molecule has 120 valence electrons. The largest absolute Gasteiger partial charge is 0.339 e. The number of hydrogen-bond donors (Lipinski definition) is 1. The fraction of sp³-hybridized carbons (Fsp3) is 0.706. The molecule has 5 nitrogen and oxygen atoms in total. The standard InChI is InChI=1S/C17H26N4O/c1-12(2)15-14(10-19-13(3)20-15)16(22)21-8-5-17(6-9-21)4-7-18-11-17/h10,12,18H,4-9,11H2,1-3H3. The van der Waals surface area contributed by atoms with Gasteiger partial charge in [-0.1, -0.05) is 13.8 Å². The number of carbonyl (C=O) groups is 1. The summed E-state index contributed by atoms with van der Waals surface area (Å²) in [5.41, 5.74) is 1.99. The first-order valence-electron chi connectivity index (χ1n) is 8.34. The highest BCUT2D eigenvalue weighted by Crippen LogP contribution is 2.37. The van der Waals surface area contributed by atoms with Crippen LogP contribution < -0.4 is 5.32 Å². The molecule has 0 aromatic carbocycles. The third-order valence-electron chi connectivity index (χ3n) is 5.16. The van der Waals surface area contributed by atoms with Crippen molar-refractivity contribution in [3.8, 4) is 0 Å². The first-order chi connectivity index (χ1) is 10.5. The lowest BCUT2D eigenvalue weighted by Gasteiger charge is -2.39. The van der Waals surface area contributed by atoms with Crippen LogP contribution in [-0.2, 0) is 0 Å². The lowest BCUT2D eigenvalue weighted by molar-refractivity contribution is 0.0605. The number of rotatable bonds is 2. The van der Waals surface area contributed by atoms with Crippen LogP contribution in [0.1, 0.15) is 60.9 Å². The fourth-order valence-corrected chi connectivity index (χ4v) is 3.67. The van der Waals surface area contributed by atoms with E-state index in [0.29, 0.717) is 11.0 Å². The highest BCUT2D eigenvalue weighted by atomic mass is 16.2. The molecule has 1 aromatic heterocycles. The minimum absolute atomic E-state index is 0.101. The van der Waals surface area contributed by atoms with Crippen LogP contribution in [0.25, 0.3) is 0 Å². The van der Waals surface area contributed by atoms with Crippen molar-refractivity contribution in [2.75, 3.05) is 26.2 Å². The van der Waals surface area contributed by atoms with Gasteiger partial charge in [0.05, 0.1) is 11.3 Å². The van der Waals surface area contributed by atoms with Gasteiger partial charge in [0.2, 0.25) is 0 Å². The number of nitrogens with zero attached hydrogens (tertiary/aromatic N) is 3. The average molecular weight is 302 g/mol. The maximum atomic E-state index is 12.9. The molecule has 1 spiro atoms. The summed E-state index contributed by atoms with van der Waals surface area (Å²) in [5.74, 6) is 1.06. The van der Waals surface area contributed by atoms with Gasteiger partial charge in [0.25, 0.3) is 5.91 Å². The van der Waals surface area contributed by atoms with Crippen molar-refractivity contribution in [1.29, 1.82) is 0 Å². The summed E-state index contributed by atoms with van der Waals surface area (Å²) in [6.45, 7) is 9.97. The van der Waals surface area contributed by atoms with E-state index >= 15 is 0 Å². The van der Waals surface area contributed by atoms with E-state index in [9.17, 15) is 4.79 Å². The minimum Gasteiger partial charge on any atom is -0.339 e. The molecule has 5 heteroatoms. The van der Waals surface area contributed by atoms with Crippen molar-refractivity contribution in [2.24, 2.45) is 5.41 Å². The Bertz CT molecular complexity index is 554. The van der Waals surface area contributed by atoms with Gasteiger partial charge in [-0.05, 0) is 44.1 Å². The molecule has 1 aromatic rings. The zero-order valence-corrected chi connectivity index (χ0v) is 13.9. The highest BCUT2D eigenvalue weighted by Gasteiger charge is 2.38. The molecule has 3 rings (SSSR count). The third kappa shape index (κ3) is 2.86. The molecule has 0 saturated carbocycles. The number of likely N-dealkylation sites (tertiary alicyclic amines) is 1. The summed E-state index contributed by atoms with van der Waals surface area (Å²) in [7, 11) is 0. The number of amides is 1. The molecular formula is C17H26N4O. The molecule has 2 aliphatic heterocycles. The minimum atomic E-state index is 0.101. The van der Waals surface area contributed by atoms with Gasteiger partial charge in [0.1, 0.15) is 5.82 Å². The Balaban J connectivity index is 1.75. The van der Waals surface area contributed by atoms with Crippen molar-refractivity contribution in [3.05, 3.63) is 23.3 Å². The number of carbonyl (C=O) groups excluding carboxylic acids is 1. The second-order valence-corrected chi connectivity index (χ2v) is 7.09. The van der Waals surface area contributed by atoms with Crippen LogP contribution in [-0.4, -0.2) is 47.0 Å². The summed E-state index contributed by atoms with van der Waals surface area (Å²) >= 11 is 0. The van der Waals surface area contributed by atoms with Crippen LogP contribution in [0.4, 0.5) is 0 Å². The van der Waals surface area contributed by atoms with Gasteiger partial charge in [-0.15, -0.1) is 0 Å². The molecule has 0 bridgehead atoms. The van der Waals surface area contributed by atoms with Gasteiger partial charge < -0.3 is 10.2 Å². The Morgan fingerprint density at radius 3 is 2.64 bits per heavy atom. The molecule has 2 aliphatic rings. The molecule has 2 saturated heterocycles. The molecule has 0 atom stereocenters. The third-order valence-corrected chi connectivity index (χ3v) is 5.16. The van der Waals surface area contributed by atoms with Gasteiger partial charge in [-0.3, -0.25) is 4.79 Å². The van der Waals surface area contributed by atoms with Crippen molar-refractivity contribution in [3.63, 3.8) is 0 Å². The topological polar surface area (TPSA) is 58.1 Å². The second-order valence-electron chi connectivity index (χ2n) is 7.09. The van der Waals surface area contributed by atoms with Gasteiger partial charge in [0.15, 0.2) is 0 Å². The predicted molar refractivity (Wildman–Crippen MR) is 85.9 cm³/mol. The van der Waals surface area contributed by atoms with Crippen LogP contribution in [0.2, 0.25) is 0 Å². The SMILES string of the molecule is Cc1ncc(C(=O)N2CCC3(CCNC3)CC2)c(C(C)C)n1. The van der Waals surface area contributed by atoms with Crippen molar-refractivity contribution >= 4 is 5.91 Å². The average Bonchev–Trinajstić information content (AvgIpc) is 2.95. The monoisotopic (exact) mass is 302 g/mol. The van der Waals surface area contributed by atoms with Gasteiger partial charge in [-0.2, -0.15) is 0 Å².